The lowest BCUT2D eigenvalue weighted by Crippen LogP contribution is -2.50. The van der Waals surface area contributed by atoms with E-state index in [9.17, 15) is 0 Å². The summed E-state index contributed by atoms with van der Waals surface area (Å²) in [4.78, 5) is 9.09. The van der Waals surface area contributed by atoms with Gasteiger partial charge in [-0.15, -0.1) is 0 Å². The Labute approximate surface area is 152 Å². The molecule has 2 aliphatic heterocycles. The van der Waals surface area contributed by atoms with E-state index in [2.05, 4.69) is 32.2 Å². The molecule has 0 spiro atoms. The zero-order valence-electron chi connectivity index (χ0n) is 14.1. The van der Waals surface area contributed by atoms with Crippen LogP contribution in [0, 0.1) is 6.92 Å². The largest absolute Gasteiger partial charge is 0.454 e. The second-order valence-corrected chi connectivity index (χ2v) is 6.50. The first kappa shape index (κ1) is 16.0. The van der Waals surface area contributed by atoms with Crippen LogP contribution in [0.3, 0.4) is 0 Å². The fraction of sp³-hybridized carbons (Fsp3) is 0.333. The first-order valence-corrected chi connectivity index (χ1v) is 8.74. The van der Waals surface area contributed by atoms with Gasteiger partial charge in [-0.1, -0.05) is 6.07 Å². The lowest BCUT2D eigenvalue weighted by molar-refractivity contribution is 0.174. The van der Waals surface area contributed by atoms with E-state index in [1.54, 1.807) is 0 Å². The fourth-order valence-electron chi connectivity index (χ4n) is 3.02. The van der Waals surface area contributed by atoms with Crippen molar-refractivity contribution in [2.24, 2.45) is 0 Å². The van der Waals surface area contributed by atoms with Gasteiger partial charge >= 0.3 is 0 Å². The number of aromatic nitrogens is 1. The lowest BCUT2D eigenvalue weighted by atomic mass is 10.2. The van der Waals surface area contributed by atoms with Gasteiger partial charge in [0.2, 0.25) is 6.79 Å². The number of hydrogen-bond donors (Lipinski definition) is 1. The average molecular weight is 356 g/mol. The van der Waals surface area contributed by atoms with Gasteiger partial charge in [0, 0.05) is 43.6 Å². The Hall–Kier alpha value is -2.54. The van der Waals surface area contributed by atoms with Crippen LogP contribution in [-0.2, 0) is 0 Å². The first-order valence-electron chi connectivity index (χ1n) is 8.33. The number of hydrogen-bond acceptors (Lipinski definition) is 5. The Kier molecular flexibility index (Phi) is 4.31. The number of rotatable bonds is 2. The molecule has 0 bridgehead atoms. The molecular formula is C18H20N4O2S. The molecule has 0 radical (unpaired) electrons. The predicted molar refractivity (Wildman–Crippen MR) is 102 cm³/mol. The number of nitrogens with zero attached hydrogens (tertiary/aromatic N) is 3. The van der Waals surface area contributed by atoms with Crippen molar-refractivity contribution < 1.29 is 9.47 Å². The standard InChI is InChI=1S/C18H20N4O2S/c1-13-3-2-4-17(19-13)21-7-9-22(10-8-21)18(25)20-14-5-6-15-16(11-14)24-12-23-15/h2-6,11H,7-10,12H2,1H3,(H,20,25). The molecule has 1 N–H and O–H groups in total. The Bertz CT molecular complexity index is 790. The second-order valence-electron chi connectivity index (χ2n) is 6.11. The minimum absolute atomic E-state index is 0.276. The summed E-state index contributed by atoms with van der Waals surface area (Å²) in [7, 11) is 0. The lowest BCUT2D eigenvalue weighted by Gasteiger charge is -2.36. The van der Waals surface area contributed by atoms with E-state index in [1.165, 1.54) is 0 Å². The molecule has 2 aromatic rings. The number of piperazine rings is 1. The van der Waals surface area contributed by atoms with Crippen LogP contribution < -0.4 is 19.7 Å². The molecule has 2 aliphatic rings. The number of pyridine rings is 1. The van der Waals surface area contributed by atoms with Gasteiger partial charge in [-0.2, -0.15) is 0 Å². The number of nitrogens with one attached hydrogen (secondary N) is 1. The molecule has 1 aromatic carbocycles. The number of fused-ring (bicyclic) bond motifs is 1. The van der Waals surface area contributed by atoms with Gasteiger partial charge in [0.1, 0.15) is 5.82 Å². The van der Waals surface area contributed by atoms with Gasteiger partial charge in [-0.3, -0.25) is 0 Å². The molecular weight excluding hydrogens is 336 g/mol. The summed E-state index contributed by atoms with van der Waals surface area (Å²) in [6, 6.07) is 11.9. The quantitative estimate of drug-likeness (QED) is 0.830. The first-order chi connectivity index (χ1) is 12.2. The number of benzene rings is 1. The van der Waals surface area contributed by atoms with Crippen LogP contribution in [0.25, 0.3) is 0 Å². The Morgan fingerprint density at radius 3 is 2.68 bits per heavy atom. The smallest absolute Gasteiger partial charge is 0.231 e. The third-order valence-electron chi connectivity index (χ3n) is 4.39. The molecule has 1 aromatic heterocycles. The van der Waals surface area contributed by atoms with Crippen LogP contribution in [0.15, 0.2) is 36.4 Å². The van der Waals surface area contributed by atoms with Gasteiger partial charge in [0.05, 0.1) is 0 Å². The van der Waals surface area contributed by atoms with Crippen LogP contribution in [0.4, 0.5) is 11.5 Å². The highest BCUT2D eigenvalue weighted by Crippen LogP contribution is 2.34. The summed E-state index contributed by atoms with van der Waals surface area (Å²) in [6.45, 7) is 5.83. The van der Waals surface area contributed by atoms with E-state index in [-0.39, 0.29) is 6.79 Å². The topological polar surface area (TPSA) is 49.9 Å². The summed E-state index contributed by atoms with van der Waals surface area (Å²) in [5, 5.41) is 4.02. The summed E-state index contributed by atoms with van der Waals surface area (Å²) >= 11 is 5.57. The Morgan fingerprint density at radius 1 is 1.08 bits per heavy atom. The zero-order chi connectivity index (χ0) is 17.2. The van der Waals surface area contributed by atoms with E-state index < -0.39 is 0 Å². The molecule has 0 saturated carbocycles. The molecule has 0 amide bonds. The molecule has 0 atom stereocenters. The van der Waals surface area contributed by atoms with Crippen molar-refractivity contribution in [1.82, 2.24) is 9.88 Å². The third kappa shape index (κ3) is 3.46. The number of ether oxygens (including phenoxy) is 2. The van der Waals surface area contributed by atoms with Crippen molar-refractivity contribution in [2.75, 3.05) is 43.2 Å². The predicted octanol–water partition coefficient (Wildman–Crippen LogP) is 2.64. The van der Waals surface area contributed by atoms with E-state index in [0.717, 1.165) is 60.0 Å². The summed E-state index contributed by atoms with van der Waals surface area (Å²) < 4.78 is 10.7. The van der Waals surface area contributed by atoms with Crippen molar-refractivity contribution in [3.8, 4) is 11.5 Å². The van der Waals surface area contributed by atoms with Gasteiger partial charge < -0.3 is 24.6 Å². The van der Waals surface area contributed by atoms with Gasteiger partial charge in [0.25, 0.3) is 0 Å². The van der Waals surface area contributed by atoms with Crippen molar-refractivity contribution in [3.63, 3.8) is 0 Å². The van der Waals surface area contributed by atoms with Crippen LogP contribution in [0.1, 0.15) is 5.69 Å². The van der Waals surface area contributed by atoms with Crippen molar-refractivity contribution in [2.45, 2.75) is 6.92 Å². The molecule has 0 unspecified atom stereocenters. The minimum Gasteiger partial charge on any atom is -0.454 e. The Morgan fingerprint density at radius 2 is 1.88 bits per heavy atom. The molecule has 7 heteroatoms. The van der Waals surface area contributed by atoms with Crippen molar-refractivity contribution in [3.05, 3.63) is 42.1 Å². The minimum atomic E-state index is 0.276. The van der Waals surface area contributed by atoms with Gasteiger partial charge in [-0.05, 0) is 43.4 Å². The average Bonchev–Trinajstić information content (AvgIpc) is 3.09. The van der Waals surface area contributed by atoms with E-state index in [0.29, 0.717) is 0 Å². The highest BCUT2D eigenvalue weighted by Gasteiger charge is 2.20. The SMILES string of the molecule is Cc1cccc(N2CCN(C(=S)Nc3ccc4c(c3)OCO4)CC2)n1. The maximum atomic E-state index is 5.57. The molecule has 1 fully saturated rings. The van der Waals surface area contributed by atoms with Crippen LogP contribution in [-0.4, -0.2) is 48.0 Å². The maximum Gasteiger partial charge on any atom is 0.231 e. The molecule has 3 heterocycles. The second kappa shape index (κ2) is 6.76. The van der Waals surface area contributed by atoms with Crippen LogP contribution >= 0.6 is 12.2 Å². The summed E-state index contributed by atoms with van der Waals surface area (Å²) in [5.74, 6) is 2.56. The van der Waals surface area contributed by atoms with Crippen LogP contribution in [0.5, 0.6) is 11.5 Å². The summed E-state index contributed by atoms with van der Waals surface area (Å²) in [6.07, 6.45) is 0. The Balaban J connectivity index is 1.35. The number of aryl methyl sites for hydroxylation is 1. The van der Waals surface area contributed by atoms with E-state index in [4.69, 9.17) is 21.7 Å². The van der Waals surface area contributed by atoms with Crippen molar-refractivity contribution in [1.29, 1.82) is 0 Å². The normalized spacial score (nSPS) is 16.0. The van der Waals surface area contributed by atoms with E-state index >= 15 is 0 Å². The molecule has 4 rings (SSSR count). The van der Waals surface area contributed by atoms with Gasteiger partial charge in [-0.25, -0.2) is 4.98 Å². The monoisotopic (exact) mass is 356 g/mol. The fourth-order valence-corrected chi connectivity index (χ4v) is 3.32. The number of thiocarbonyl (C=S) groups is 1. The highest BCUT2D eigenvalue weighted by atomic mass is 32.1. The van der Waals surface area contributed by atoms with Crippen molar-refractivity contribution >= 4 is 28.8 Å². The highest BCUT2D eigenvalue weighted by molar-refractivity contribution is 7.80. The molecule has 25 heavy (non-hydrogen) atoms. The van der Waals surface area contributed by atoms with E-state index in [1.807, 2.05) is 31.2 Å². The third-order valence-corrected chi connectivity index (χ3v) is 4.75. The summed E-state index contributed by atoms with van der Waals surface area (Å²) in [5.41, 5.74) is 1.96. The zero-order valence-corrected chi connectivity index (χ0v) is 14.9. The van der Waals surface area contributed by atoms with Crippen LogP contribution in [0.2, 0.25) is 0 Å². The maximum absolute atomic E-state index is 5.57. The molecule has 6 nitrogen and oxygen atoms in total. The number of anilines is 2. The molecule has 1 saturated heterocycles. The molecule has 130 valence electrons. The molecule has 0 aliphatic carbocycles. The van der Waals surface area contributed by atoms with Gasteiger partial charge in [0.15, 0.2) is 16.6 Å².